The first-order chi connectivity index (χ1) is 15.1. The maximum Gasteiger partial charge on any atom is 0.246 e. The molecule has 4 fully saturated rings. The summed E-state index contributed by atoms with van der Waals surface area (Å²) in [5.41, 5.74) is 10.9. The van der Waals surface area contributed by atoms with E-state index in [0.717, 1.165) is 51.0 Å². The maximum atomic E-state index is 13.1. The maximum absolute atomic E-state index is 13.1. The highest BCUT2D eigenvalue weighted by atomic mass is 16.2. The van der Waals surface area contributed by atoms with Gasteiger partial charge in [-0.05, 0) is 43.0 Å². The third kappa shape index (κ3) is 4.09. The number of nitrogens with one attached hydrogen (secondary N) is 3. The fourth-order valence-electron chi connectivity index (χ4n) is 5.51. The van der Waals surface area contributed by atoms with Crippen LogP contribution in [0, 0.1) is 29.1 Å². The van der Waals surface area contributed by atoms with E-state index in [2.05, 4.69) is 22.5 Å². The van der Waals surface area contributed by atoms with Crippen LogP contribution in [0.15, 0.2) is 30.3 Å². The Bertz CT molecular complexity index is 909. The summed E-state index contributed by atoms with van der Waals surface area (Å²) < 4.78 is 0. The molecule has 2 amide bonds. The standard InChI is InChI=1S/C23H28N6O2/c24-10-16-3-1-15(2-4-16)5-8-22(30)28-11-18-13-29(14-19(18)12-28)23(31)17-6-7-20-21(9-17)26-27-25-20/h1-5,8,17-21,25-27H,6-7,9,11-14H2/b8-5+/t17?,18-,19-,20?,21?/m1/s1. The molecule has 31 heavy (non-hydrogen) atoms. The van der Waals surface area contributed by atoms with Gasteiger partial charge in [0.25, 0.3) is 0 Å². The Morgan fingerprint density at radius 1 is 0.968 bits per heavy atom. The largest absolute Gasteiger partial charge is 0.342 e. The summed E-state index contributed by atoms with van der Waals surface area (Å²) in [6.07, 6.45) is 6.23. The normalized spacial score (nSPS) is 32.2. The molecule has 0 bridgehead atoms. The molecule has 162 valence electrons. The summed E-state index contributed by atoms with van der Waals surface area (Å²) in [6, 6.07) is 10.0. The van der Waals surface area contributed by atoms with Gasteiger partial charge in [-0.2, -0.15) is 10.8 Å². The quantitative estimate of drug-likeness (QED) is 0.621. The number of nitriles is 1. The molecule has 8 heteroatoms. The summed E-state index contributed by atoms with van der Waals surface area (Å²) in [5, 5.41) is 8.87. The Kier molecular flexibility index (Phi) is 5.48. The number of fused-ring (bicyclic) bond motifs is 2. The van der Waals surface area contributed by atoms with Gasteiger partial charge in [0, 0.05) is 62.1 Å². The Hall–Kier alpha value is -2.73. The van der Waals surface area contributed by atoms with E-state index in [1.54, 1.807) is 24.3 Å². The van der Waals surface area contributed by atoms with Gasteiger partial charge in [-0.25, -0.2) is 10.9 Å². The van der Waals surface area contributed by atoms with Crippen molar-refractivity contribution < 1.29 is 9.59 Å². The van der Waals surface area contributed by atoms with Crippen LogP contribution in [0.1, 0.15) is 30.4 Å². The van der Waals surface area contributed by atoms with Crippen LogP contribution in [-0.4, -0.2) is 59.9 Å². The number of carbonyl (C=O) groups excluding carboxylic acids is 2. The highest BCUT2D eigenvalue weighted by molar-refractivity contribution is 5.92. The van der Waals surface area contributed by atoms with Crippen molar-refractivity contribution in [3.05, 3.63) is 41.5 Å². The molecule has 3 unspecified atom stereocenters. The molecule has 0 radical (unpaired) electrons. The van der Waals surface area contributed by atoms with Crippen molar-refractivity contribution in [2.24, 2.45) is 17.8 Å². The van der Waals surface area contributed by atoms with E-state index in [1.807, 2.05) is 21.9 Å². The lowest BCUT2D eigenvalue weighted by molar-refractivity contribution is -0.136. The Morgan fingerprint density at radius 2 is 1.65 bits per heavy atom. The lowest BCUT2D eigenvalue weighted by Gasteiger charge is -2.32. The van der Waals surface area contributed by atoms with Crippen LogP contribution >= 0.6 is 0 Å². The molecule has 1 aliphatic carbocycles. The average molecular weight is 421 g/mol. The van der Waals surface area contributed by atoms with Crippen LogP contribution in [0.5, 0.6) is 0 Å². The molecule has 5 rings (SSSR count). The van der Waals surface area contributed by atoms with E-state index in [0.29, 0.717) is 35.4 Å². The Morgan fingerprint density at radius 3 is 2.35 bits per heavy atom. The number of nitrogens with zero attached hydrogens (tertiary/aromatic N) is 3. The van der Waals surface area contributed by atoms with Gasteiger partial charge in [-0.15, -0.1) is 0 Å². The first-order valence-electron chi connectivity index (χ1n) is 11.1. The summed E-state index contributed by atoms with van der Waals surface area (Å²) >= 11 is 0. The van der Waals surface area contributed by atoms with E-state index < -0.39 is 0 Å². The van der Waals surface area contributed by atoms with Crippen molar-refractivity contribution in [1.29, 1.82) is 5.26 Å². The highest BCUT2D eigenvalue weighted by Crippen LogP contribution is 2.34. The van der Waals surface area contributed by atoms with Crippen LogP contribution in [0.4, 0.5) is 0 Å². The monoisotopic (exact) mass is 420 g/mol. The number of hydrogen-bond donors (Lipinski definition) is 3. The van der Waals surface area contributed by atoms with Crippen LogP contribution in [0.3, 0.4) is 0 Å². The Balaban J connectivity index is 1.12. The molecular formula is C23H28N6O2. The van der Waals surface area contributed by atoms with Crippen molar-refractivity contribution in [3.63, 3.8) is 0 Å². The van der Waals surface area contributed by atoms with Gasteiger partial charge in [0.05, 0.1) is 11.6 Å². The predicted octanol–water partition coefficient (Wildman–Crippen LogP) is 0.638. The van der Waals surface area contributed by atoms with Crippen molar-refractivity contribution in [3.8, 4) is 6.07 Å². The topological polar surface area (TPSA) is 100 Å². The molecule has 4 aliphatic rings. The molecule has 3 N–H and O–H groups in total. The van der Waals surface area contributed by atoms with E-state index in [-0.39, 0.29) is 11.8 Å². The molecule has 1 aromatic carbocycles. The summed E-state index contributed by atoms with van der Waals surface area (Å²) in [6.45, 7) is 2.97. The molecule has 1 aromatic rings. The molecule has 0 aromatic heterocycles. The first kappa shape index (κ1) is 20.2. The minimum Gasteiger partial charge on any atom is -0.342 e. The zero-order valence-corrected chi connectivity index (χ0v) is 17.5. The second-order valence-corrected chi connectivity index (χ2v) is 9.21. The van der Waals surface area contributed by atoms with Gasteiger partial charge in [0.15, 0.2) is 0 Å². The molecule has 1 saturated carbocycles. The van der Waals surface area contributed by atoms with Gasteiger partial charge in [-0.3, -0.25) is 9.59 Å². The second kappa shape index (κ2) is 8.42. The minimum atomic E-state index is 0.0160. The molecule has 3 heterocycles. The van der Waals surface area contributed by atoms with Crippen LogP contribution in [0.2, 0.25) is 0 Å². The molecule has 5 atom stereocenters. The molecule has 3 saturated heterocycles. The lowest BCUT2D eigenvalue weighted by Crippen LogP contribution is -2.45. The number of rotatable bonds is 3. The van der Waals surface area contributed by atoms with E-state index in [4.69, 9.17) is 5.26 Å². The Labute approximate surface area is 182 Å². The van der Waals surface area contributed by atoms with Crippen LogP contribution < -0.4 is 16.4 Å². The first-order valence-corrected chi connectivity index (χ1v) is 11.1. The van der Waals surface area contributed by atoms with Gasteiger partial charge >= 0.3 is 0 Å². The number of hydrazine groups is 2. The van der Waals surface area contributed by atoms with Gasteiger partial charge in [0.2, 0.25) is 11.8 Å². The summed E-state index contributed by atoms with van der Waals surface area (Å²) in [5.74, 6) is 1.16. The van der Waals surface area contributed by atoms with Gasteiger partial charge in [-0.1, -0.05) is 12.1 Å². The second-order valence-electron chi connectivity index (χ2n) is 9.21. The SMILES string of the molecule is N#Cc1ccc(/C=C/C(=O)N2C[C@@H]3CN(C(=O)C4CCC5NNNC5C4)C[C@H]3C2)cc1. The molecule has 3 aliphatic heterocycles. The number of benzene rings is 1. The fourth-order valence-corrected chi connectivity index (χ4v) is 5.51. The summed E-state index contributed by atoms with van der Waals surface area (Å²) in [4.78, 5) is 29.7. The van der Waals surface area contributed by atoms with Crippen molar-refractivity contribution >= 4 is 17.9 Å². The van der Waals surface area contributed by atoms with Crippen LogP contribution in [-0.2, 0) is 9.59 Å². The fraction of sp³-hybridized carbons (Fsp3) is 0.522. The minimum absolute atomic E-state index is 0.0160. The number of hydrogen-bond acceptors (Lipinski definition) is 6. The average Bonchev–Trinajstić information content (AvgIpc) is 3.51. The third-order valence-corrected chi connectivity index (χ3v) is 7.28. The van der Waals surface area contributed by atoms with Crippen molar-refractivity contribution in [1.82, 2.24) is 26.2 Å². The highest BCUT2D eigenvalue weighted by Gasteiger charge is 2.45. The zero-order valence-electron chi connectivity index (χ0n) is 17.5. The van der Waals surface area contributed by atoms with Gasteiger partial charge in [0.1, 0.15) is 0 Å². The molecule has 0 spiro atoms. The van der Waals surface area contributed by atoms with E-state index >= 15 is 0 Å². The predicted molar refractivity (Wildman–Crippen MR) is 115 cm³/mol. The van der Waals surface area contributed by atoms with E-state index in [1.165, 1.54) is 0 Å². The smallest absolute Gasteiger partial charge is 0.246 e. The number of carbonyl (C=O) groups is 2. The number of amides is 2. The molecular weight excluding hydrogens is 392 g/mol. The van der Waals surface area contributed by atoms with E-state index in [9.17, 15) is 9.59 Å². The number of likely N-dealkylation sites (tertiary alicyclic amines) is 2. The summed E-state index contributed by atoms with van der Waals surface area (Å²) in [7, 11) is 0. The molecule has 8 nitrogen and oxygen atoms in total. The zero-order chi connectivity index (χ0) is 21.4. The van der Waals surface area contributed by atoms with Gasteiger partial charge < -0.3 is 9.80 Å². The third-order valence-electron chi connectivity index (χ3n) is 7.28. The van der Waals surface area contributed by atoms with Crippen molar-refractivity contribution in [2.75, 3.05) is 26.2 Å². The lowest BCUT2D eigenvalue weighted by atomic mass is 9.82. The van der Waals surface area contributed by atoms with Crippen molar-refractivity contribution in [2.45, 2.75) is 31.3 Å². The van der Waals surface area contributed by atoms with Crippen LogP contribution in [0.25, 0.3) is 6.08 Å².